The van der Waals surface area contributed by atoms with Crippen molar-refractivity contribution in [3.63, 3.8) is 0 Å². The summed E-state index contributed by atoms with van der Waals surface area (Å²) >= 11 is 0. The molecule has 3 heterocycles. The molecule has 128 valence electrons. The standard InChI is InChI=1S/C16H27N5O2/c1-13(16-17-14(2)18-23-16)20-11-9-19(10-12-20)6-4-8-21-7-3-5-15(21)22/h13H,3-12H2,1-2H3. The van der Waals surface area contributed by atoms with Gasteiger partial charge in [0.1, 0.15) is 0 Å². The van der Waals surface area contributed by atoms with Crippen molar-refractivity contribution in [3.8, 4) is 0 Å². The van der Waals surface area contributed by atoms with Crippen LogP contribution in [0.5, 0.6) is 0 Å². The van der Waals surface area contributed by atoms with E-state index in [-0.39, 0.29) is 6.04 Å². The number of carbonyl (C=O) groups excluding carboxylic acids is 1. The maximum absolute atomic E-state index is 11.6. The van der Waals surface area contributed by atoms with Gasteiger partial charge >= 0.3 is 0 Å². The van der Waals surface area contributed by atoms with Crippen molar-refractivity contribution in [1.82, 2.24) is 24.8 Å². The number of hydrogen-bond acceptors (Lipinski definition) is 6. The third-order valence-electron chi connectivity index (χ3n) is 4.93. The first kappa shape index (κ1) is 16.4. The number of nitrogens with zero attached hydrogens (tertiary/aromatic N) is 5. The summed E-state index contributed by atoms with van der Waals surface area (Å²) in [6, 6.07) is 0.181. The highest BCUT2D eigenvalue weighted by Crippen LogP contribution is 2.20. The topological polar surface area (TPSA) is 65.7 Å². The fourth-order valence-electron chi connectivity index (χ4n) is 3.44. The molecule has 3 rings (SSSR count). The fourth-order valence-corrected chi connectivity index (χ4v) is 3.44. The molecule has 2 aliphatic heterocycles. The normalized spacial score (nSPS) is 22.0. The summed E-state index contributed by atoms with van der Waals surface area (Å²) < 4.78 is 5.28. The Labute approximate surface area is 137 Å². The maximum atomic E-state index is 11.6. The van der Waals surface area contributed by atoms with Gasteiger partial charge in [0, 0.05) is 45.7 Å². The lowest BCUT2D eigenvalue weighted by Crippen LogP contribution is -2.47. The summed E-state index contributed by atoms with van der Waals surface area (Å²) in [6.45, 7) is 11.1. The van der Waals surface area contributed by atoms with Gasteiger partial charge < -0.3 is 14.3 Å². The van der Waals surface area contributed by atoms with Gasteiger partial charge in [0.2, 0.25) is 11.8 Å². The number of amides is 1. The minimum Gasteiger partial charge on any atom is -0.343 e. The van der Waals surface area contributed by atoms with Crippen molar-refractivity contribution in [1.29, 1.82) is 0 Å². The van der Waals surface area contributed by atoms with Crippen LogP contribution in [0.25, 0.3) is 0 Å². The van der Waals surface area contributed by atoms with Crippen molar-refractivity contribution >= 4 is 5.91 Å². The molecule has 2 fully saturated rings. The van der Waals surface area contributed by atoms with E-state index in [4.69, 9.17) is 4.52 Å². The Morgan fingerprint density at radius 3 is 2.57 bits per heavy atom. The average molecular weight is 321 g/mol. The van der Waals surface area contributed by atoms with E-state index in [0.29, 0.717) is 17.6 Å². The molecule has 7 heteroatoms. The van der Waals surface area contributed by atoms with E-state index in [9.17, 15) is 4.79 Å². The van der Waals surface area contributed by atoms with Gasteiger partial charge in [-0.2, -0.15) is 4.98 Å². The molecule has 0 aromatic carbocycles. The number of carbonyl (C=O) groups is 1. The molecular formula is C16H27N5O2. The number of aromatic nitrogens is 2. The Morgan fingerprint density at radius 2 is 1.96 bits per heavy atom. The third-order valence-corrected chi connectivity index (χ3v) is 4.93. The van der Waals surface area contributed by atoms with Gasteiger partial charge in [-0.25, -0.2) is 0 Å². The predicted molar refractivity (Wildman–Crippen MR) is 85.9 cm³/mol. The summed E-state index contributed by atoms with van der Waals surface area (Å²) in [5, 5.41) is 3.88. The molecule has 0 N–H and O–H groups in total. The molecule has 23 heavy (non-hydrogen) atoms. The molecule has 1 atom stereocenters. The Balaban J connectivity index is 1.37. The minimum absolute atomic E-state index is 0.181. The molecule has 0 bridgehead atoms. The highest BCUT2D eigenvalue weighted by molar-refractivity contribution is 5.77. The number of likely N-dealkylation sites (tertiary alicyclic amines) is 1. The van der Waals surface area contributed by atoms with Gasteiger partial charge in [-0.15, -0.1) is 0 Å². The molecule has 1 aromatic rings. The molecule has 2 saturated heterocycles. The molecule has 0 spiro atoms. The lowest BCUT2D eigenvalue weighted by molar-refractivity contribution is -0.127. The van der Waals surface area contributed by atoms with Crippen LogP contribution in [0.3, 0.4) is 0 Å². The van der Waals surface area contributed by atoms with Crippen LogP contribution in [0.15, 0.2) is 4.52 Å². The van der Waals surface area contributed by atoms with Crippen LogP contribution in [0.1, 0.15) is 43.9 Å². The molecular weight excluding hydrogens is 294 g/mol. The van der Waals surface area contributed by atoms with Crippen LogP contribution >= 0.6 is 0 Å². The molecule has 7 nitrogen and oxygen atoms in total. The fraction of sp³-hybridized carbons (Fsp3) is 0.812. The quantitative estimate of drug-likeness (QED) is 0.781. The first-order valence-corrected chi connectivity index (χ1v) is 8.68. The number of piperazine rings is 1. The molecule has 2 aliphatic rings. The van der Waals surface area contributed by atoms with Crippen LogP contribution in [0.4, 0.5) is 0 Å². The van der Waals surface area contributed by atoms with E-state index in [1.165, 1.54) is 0 Å². The summed E-state index contributed by atoms with van der Waals surface area (Å²) in [4.78, 5) is 22.8. The lowest BCUT2D eigenvalue weighted by Gasteiger charge is -2.37. The van der Waals surface area contributed by atoms with Crippen LogP contribution < -0.4 is 0 Å². The largest absolute Gasteiger partial charge is 0.343 e. The van der Waals surface area contributed by atoms with Crippen LogP contribution in [0, 0.1) is 6.92 Å². The Morgan fingerprint density at radius 1 is 1.17 bits per heavy atom. The van der Waals surface area contributed by atoms with Crippen molar-refractivity contribution in [2.45, 2.75) is 39.2 Å². The third kappa shape index (κ3) is 4.09. The molecule has 1 amide bonds. The number of aryl methyl sites for hydroxylation is 1. The van der Waals surface area contributed by atoms with E-state index >= 15 is 0 Å². The van der Waals surface area contributed by atoms with Crippen LogP contribution in [0.2, 0.25) is 0 Å². The van der Waals surface area contributed by atoms with Crippen molar-refractivity contribution in [3.05, 3.63) is 11.7 Å². The van der Waals surface area contributed by atoms with E-state index in [2.05, 4.69) is 26.9 Å². The zero-order valence-electron chi connectivity index (χ0n) is 14.2. The second-order valence-electron chi connectivity index (χ2n) is 6.57. The zero-order valence-corrected chi connectivity index (χ0v) is 14.2. The Kier molecular flexibility index (Phi) is 5.27. The van der Waals surface area contributed by atoms with E-state index in [1.54, 1.807) is 0 Å². The molecule has 0 saturated carbocycles. The Bertz CT molecular complexity index is 524. The van der Waals surface area contributed by atoms with Gasteiger partial charge in [-0.3, -0.25) is 9.69 Å². The van der Waals surface area contributed by atoms with Crippen molar-refractivity contribution in [2.24, 2.45) is 0 Å². The molecule has 0 radical (unpaired) electrons. The van der Waals surface area contributed by atoms with E-state index in [1.807, 2.05) is 11.8 Å². The summed E-state index contributed by atoms with van der Waals surface area (Å²) in [5.74, 6) is 1.74. The van der Waals surface area contributed by atoms with Gasteiger partial charge in [-0.05, 0) is 33.2 Å². The first-order chi connectivity index (χ1) is 11.1. The maximum Gasteiger partial charge on any atom is 0.243 e. The lowest BCUT2D eigenvalue weighted by atomic mass is 10.2. The van der Waals surface area contributed by atoms with Gasteiger partial charge in [0.15, 0.2) is 5.82 Å². The minimum atomic E-state index is 0.181. The number of hydrogen-bond donors (Lipinski definition) is 0. The van der Waals surface area contributed by atoms with Gasteiger partial charge in [0.25, 0.3) is 0 Å². The Hall–Kier alpha value is -1.47. The van der Waals surface area contributed by atoms with Gasteiger partial charge in [-0.1, -0.05) is 5.16 Å². The monoisotopic (exact) mass is 321 g/mol. The second kappa shape index (κ2) is 7.40. The molecule has 0 aliphatic carbocycles. The zero-order chi connectivity index (χ0) is 16.2. The molecule has 1 aromatic heterocycles. The average Bonchev–Trinajstić information content (AvgIpc) is 3.16. The molecule has 1 unspecified atom stereocenters. The highest BCUT2D eigenvalue weighted by atomic mass is 16.5. The van der Waals surface area contributed by atoms with Crippen LogP contribution in [-0.4, -0.2) is 76.6 Å². The van der Waals surface area contributed by atoms with Gasteiger partial charge in [0.05, 0.1) is 6.04 Å². The second-order valence-corrected chi connectivity index (χ2v) is 6.57. The SMILES string of the molecule is Cc1noc(C(C)N2CCN(CCCN3CCCC3=O)CC2)n1. The van der Waals surface area contributed by atoms with Crippen molar-refractivity contribution < 1.29 is 9.32 Å². The highest BCUT2D eigenvalue weighted by Gasteiger charge is 2.25. The van der Waals surface area contributed by atoms with Crippen LogP contribution in [-0.2, 0) is 4.79 Å². The smallest absolute Gasteiger partial charge is 0.243 e. The first-order valence-electron chi connectivity index (χ1n) is 8.68. The summed E-state index contributed by atoms with van der Waals surface area (Å²) in [6.07, 6.45) is 2.85. The van der Waals surface area contributed by atoms with E-state index < -0.39 is 0 Å². The number of rotatable bonds is 6. The summed E-state index contributed by atoms with van der Waals surface area (Å²) in [7, 11) is 0. The predicted octanol–water partition coefficient (Wildman–Crippen LogP) is 1.07. The van der Waals surface area contributed by atoms with E-state index in [0.717, 1.165) is 65.1 Å². The summed E-state index contributed by atoms with van der Waals surface area (Å²) in [5.41, 5.74) is 0. The van der Waals surface area contributed by atoms with Crippen molar-refractivity contribution in [2.75, 3.05) is 45.8 Å².